The molecule has 17 heavy (non-hydrogen) atoms. The van der Waals surface area contributed by atoms with Crippen molar-refractivity contribution in [2.75, 3.05) is 0 Å². The Morgan fingerprint density at radius 1 is 1.59 bits per heavy atom. The molecule has 2 aromatic rings. The van der Waals surface area contributed by atoms with Crippen LogP contribution >= 0.6 is 22.9 Å². The topological polar surface area (TPSA) is 38.1 Å². The highest BCUT2D eigenvalue weighted by Crippen LogP contribution is 2.31. The van der Waals surface area contributed by atoms with Gasteiger partial charge in [-0.3, -0.25) is 0 Å². The smallest absolute Gasteiger partial charge is 0.150 e. The van der Waals surface area contributed by atoms with Crippen molar-refractivity contribution < 1.29 is 5.11 Å². The van der Waals surface area contributed by atoms with E-state index in [-0.39, 0.29) is 0 Å². The van der Waals surface area contributed by atoms with Gasteiger partial charge in [-0.05, 0) is 30.7 Å². The molecule has 0 aliphatic carbocycles. The molecule has 0 saturated heterocycles. The Labute approximate surface area is 109 Å². The van der Waals surface area contributed by atoms with E-state index in [1.54, 1.807) is 11.3 Å². The van der Waals surface area contributed by atoms with Crippen LogP contribution in [0.25, 0.3) is 0 Å². The van der Waals surface area contributed by atoms with E-state index >= 15 is 0 Å². The van der Waals surface area contributed by atoms with Crippen LogP contribution in [-0.2, 0) is 12.8 Å². The second kappa shape index (κ2) is 4.44. The van der Waals surface area contributed by atoms with Crippen LogP contribution in [0.2, 0.25) is 5.15 Å². The predicted molar refractivity (Wildman–Crippen MR) is 68.6 cm³/mol. The number of aliphatic hydroxyl groups is 1. The molecule has 3 heterocycles. The van der Waals surface area contributed by atoms with Crippen molar-refractivity contribution in [3.8, 4) is 0 Å². The van der Waals surface area contributed by atoms with Crippen LogP contribution in [0.15, 0.2) is 17.5 Å². The molecule has 0 bridgehead atoms. The van der Waals surface area contributed by atoms with Crippen LogP contribution in [0.3, 0.4) is 0 Å². The zero-order valence-corrected chi connectivity index (χ0v) is 10.8. The molecular weight excluding hydrogens is 256 g/mol. The highest BCUT2D eigenvalue weighted by atomic mass is 35.5. The normalized spacial score (nSPS) is 19.3. The number of thiophene rings is 1. The zero-order chi connectivity index (χ0) is 11.8. The van der Waals surface area contributed by atoms with Gasteiger partial charge in [0.2, 0.25) is 0 Å². The third-order valence-electron chi connectivity index (χ3n) is 3.12. The molecule has 0 aromatic carbocycles. The molecule has 0 saturated carbocycles. The summed E-state index contributed by atoms with van der Waals surface area (Å²) in [7, 11) is 0. The Kier molecular flexibility index (Phi) is 2.94. The zero-order valence-electron chi connectivity index (χ0n) is 9.27. The Morgan fingerprint density at radius 3 is 3.24 bits per heavy atom. The van der Waals surface area contributed by atoms with E-state index in [2.05, 4.69) is 11.1 Å². The maximum absolute atomic E-state index is 10.1. The molecule has 90 valence electrons. The van der Waals surface area contributed by atoms with Crippen molar-refractivity contribution in [2.24, 2.45) is 0 Å². The molecule has 5 heteroatoms. The van der Waals surface area contributed by atoms with E-state index in [1.165, 1.54) is 4.88 Å². The number of halogens is 1. The third-order valence-corrected chi connectivity index (χ3v) is 4.30. The van der Waals surface area contributed by atoms with Gasteiger partial charge in [0.1, 0.15) is 12.1 Å². The van der Waals surface area contributed by atoms with Gasteiger partial charge in [0.25, 0.3) is 0 Å². The lowest BCUT2D eigenvalue weighted by atomic mass is 10.1. The quantitative estimate of drug-likeness (QED) is 0.909. The minimum atomic E-state index is -0.464. The van der Waals surface area contributed by atoms with Gasteiger partial charge in [-0.2, -0.15) is 0 Å². The van der Waals surface area contributed by atoms with Gasteiger partial charge in [0.05, 0.1) is 5.69 Å². The summed E-state index contributed by atoms with van der Waals surface area (Å²) < 4.78 is 1.91. The summed E-state index contributed by atoms with van der Waals surface area (Å²) >= 11 is 7.83. The van der Waals surface area contributed by atoms with Gasteiger partial charge in [-0.1, -0.05) is 17.7 Å². The maximum Gasteiger partial charge on any atom is 0.150 e. The van der Waals surface area contributed by atoms with Gasteiger partial charge >= 0.3 is 0 Å². The molecular formula is C12H13ClN2OS. The fourth-order valence-electron chi connectivity index (χ4n) is 2.34. The van der Waals surface area contributed by atoms with Gasteiger partial charge < -0.3 is 9.67 Å². The largest absolute Gasteiger partial charge is 0.373 e. The summed E-state index contributed by atoms with van der Waals surface area (Å²) in [5.74, 6) is 0.875. The van der Waals surface area contributed by atoms with Gasteiger partial charge in [-0.25, -0.2) is 4.98 Å². The van der Waals surface area contributed by atoms with Crippen LogP contribution < -0.4 is 0 Å². The summed E-state index contributed by atoms with van der Waals surface area (Å²) in [5.41, 5.74) is 0.983. The number of aliphatic hydroxyl groups excluding tert-OH is 1. The number of hydrogen-bond donors (Lipinski definition) is 1. The SMILES string of the molecule is OC1CCCc2c(Cl)nc(Cc3cccs3)n21. The Balaban J connectivity index is 2.00. The molecule has 0 spiro atoms. The van der Waals surface area contributed by atoms with E-state index in [0.717, 1.165) is 37.2 Å². The standard InChI is InChI=1S/C12H13ClN2OS/c13-12-9-4-1-5-11(16)15(9)10(14-12)7-8-3-2-6-17-8/h2-3,6,11,16H,1,4-5,7H2. The van der Waals surface area contributed by atoms with Crippen LogP contribution in [0.4, 0.5) is 0 Å². The molecule has 1 N–H and O–H groups in total. The summed E-state index contributed by atoms with van der Waals surface area (Å²) in [4.78, 5) is 5.64. The van der Waals surface area contributed by atoms with E-state index < -0.39 is 6.23 Å². The molecule has 3 nitrogen and oxygen atoms in total. The molecule has 0 fully saturated rings. The lowest BCUT2D eigenvalue weighted by Crippen LogP contribution is -2.19. The molecule has 1 aliphatic rings. The average molecular weight is 269 g/mol. The molecule has 2 aromatic heterocycles. The van der Waals surface area contributed by atoms with Crippen molar-refractivity contribution in [1.29, 1.82) is 0 Å². The number of hydrogen-bond acceptors (Lipinski definition) is 3. The molecule has 1 unspecified atom stereocenters. The molecule has 1 aliphatic heterocycles. The number of fused-ring (bicyclic) bond motifs is 1. The number of aromatic nitrogens is 2. The summed E-state index contributed by atoms with van der Waals surface area (Å²) in [5, 5.41) is 12.7. The van der Waals surface area contributed by atoms with E-state index in [4.69, 9.17) is 11.6 Å². The number of imidazole rings is 1. The van der Waals surface area contributed by atoms with Crippen molar-refractivity contribution >= 4 is 22.9 Å². The van der Waals surface area contributed by atoms with Gasteiger partial charge in [0, 0.05) is 11.3 Å². The summed E-state index contributed by atoms with van der Waals surface area (Å²) in [6, 6.07) is 4.10. The first kappa shape index (κ1) is 11.3. The second-order valence-corrected chi connectivity index (χ2v) is 5.65. The average Bonchev–Trinajstić information content (AvgIpc) is 2.90. The van der Waals surface area contributed by atoms with Crippen molar-refractivity contribution in [3.05, 3.63) is 39.1 Å². The molecule has 1 atom stereocenters. The van der Waals surface area contributed by atoms with Gasteiger partial charge in [-0.15, -0.1) is 11.3 Å². The maximum atomic E-state index is 10.1. The highest BCUT2D eigenvalue weighted by Gasteiger charge is 2.24. The van der Waals surface area contributed by atoms with E-state index in [9.17, 15) is 5.11 Å². The first-order chi connectivity index (χ1) is 8.25. The van der Waals surface area contributed by atoms with Crippen molar-refractivity contribution in [2.45, 2.75) is 31.9 Å². The van der Waals surface area contributed by atoms with Crippen LogP contribution in [0, 0.1) is 0 Å². The monoisotopic (exact) mass is 268 g/mol. The van der Waals surface area contributed by atoms with Crippen molar-refractivity contribution in [1.82, 2.24) is 9.55 Å². The Hall–Kier alpha value is -0.840. The van der Waals surface area contributed by atoms with Crippen molar-refractivity contribution in [3.63, 3.8) is 0 Å². The predicted octanol–water partition coefficient (Wildman–Crippen LogP) is 3.02. The summed E-state index contributed by atoms with van der Waals surface area (Å²) in [6.45, 7) is 0. The third kappa shape index (κ3) is 2.01. The summed E-state index contributed by atoms with van der Waals surface area (Å²) in [6.07, 6.45) is 2.96. The second-order valence-electron chi connectivity index (χ2n) is 4.26. The van der Waals surface area contributed by atoms with Crippen LogP contribution in [0.5, 0.6) is 0 Å². The van der Waals surface area contributed by atoms with E-state index in [0.29, 0.717) is 5.15 Å². The Bertz CT molecular complexity index is 521. The fourth-order valence-corrected chi connectivity index (χ4v) is 3.32. The molecule has 0 amide bonds. The lowest BCUT2D eigenvalue weighted by Gasteiger charge is -2.22. The van der Waals surface area contributed by atoms with E-state index in [1.807, 2.05) is 16.0 Å². The molecule has 0 radical (unpaired) electrons. The Morgan fingerprint density at radius 2 is 2.47 bits per heavy atom. The number of rotatable bonds is 2. The first-order valence-corrected chi connectivity index (χ1v) is 6.97. The minimum absolute atomic E-state index is 0.464. The van der Waals surface area contributed by atoms with Crippen LogP contribution in [0.1, 0.15) is 35.5 Å². The van der Waals surface area contributed by atoms with Crippen LogP contribution in [-0.4, -0.2) is 14.7 Å². The lowest BCUT2D eigenvalue weighted by molar-refractivity contribution is 0.0762. The van der Waals surface area contributed by atoms with Gasteiger partial charge in [0.15, 0.2) is 5.15 Å². The highest BCUT2D eigenvalue weighted by molar-refractivity contribution is 7.09. The fraction of sp³-hybridized carbons (Fsp3) is 0.417. The first-order valence-electron chi connectivity index (χ1n) is 5.71. The minimum Gasteiger partial charge on any atom is -0.373 e. The molecule has 3 rings (SSSR count). The number of nitrogens with zero attached hydrogens (tertiary/aromatic N) is 2.